The topological polar surface area (TPSA) is 75.7 Å². The van der Waals surface area contributed by atoms with Crippen molar-refractivity contribution < 1.29 is 17.9 Å². The molecule has 0 atom stereocenters. The van der Waals surface area contributed by atoms with Crippen molar-refractivity contribution in [3.8, 4) is 5.75 Å². The second-order valence-corrected chi connectivity index (χ2v) is 10.7. The Balaban J connectivity index is 2.02. The Kier molecular flexibility index (Phi) is 5.87. The van der Waals surface area contributed by atoms with Crippen molar-refractivity contribution in [2.45, 2.75) is 46.4 Å². The van der Waals surface area contributed by atoms with E-state index in [4.69, 9.17) is 4.74 Å². The maximum Gasteiger partial charge on any atom is 0.262 e. The van der Waals surface area contributed by atoms with Gasteiger partial charge >= 0.3 is 0 Å². The third kappa shape index (κ3) is 4.46. The maximum absolute atomic E-state index is 13.2. The lowest BCUT2D eigenvalue weighted by atomic mass is 9.92. The van der Waals surface area contributed by atoms with Crippen LogP contribution in [0.2, 0.25) is 0 Å². The molecule has 1 aliphatic heterocycles. The molecule has 0 fully saturated rings. The molecule has 0 spiro atoms. The maximum atomic E-state index is 13.2. The van der Waals surface area contributed by atoms with Crippen molar-refractivity contribution in [2.75, 3.05) is 22.8 Å². The highest BCUT2D eigenvalue weighted by Crippen LogP contribution is 2.39. The summed E-state index contributed by atoms with van der Waals surface area (Å²) in [7, 11) is -3.77. The highest BCUT2D eigenvalue weighted by molar-refractivity contribution is 7.92. The molecule has 0 saturated heterocycles. The van der Waals surface area contributed by atoms with Gasteiger partial charge in [0.1, 0.15) is 12.4 Å². The number of sulfonamides is 1. The summed E-state index contributed by atoms with van der Waals surface area (Å²) >= 11 is 0. The van der Waals surface area contributed by atoms with Gasteiger partial charge in [-0.25, -0.2) is 8.42 Å². The fourth-order valence-electron chi connectivity index (χ4n) is 3.46. The van der Waals surface area contributed by atoms with Crippen LogP contribution < -0.4 is 14.4 Å². The molecule has 0 saturated carbocycles. The molecule has 0 bridgehead atoms. The minimum absolute atomic E-state index is 0.0375. The highest BCUT2D eigenvalue weighted by atomic mass is 32.2. The number of ether oxygens (including phenoxy) is 1. The number of anilines is 2. The standard InChI is InChI=1S/C23H30N2O4S/c1-15(2)13-25-19-12-18(9-10-20(19)29-14-23(5,6)22(25)26)24-30(27,28)21-11-16(3)7-8-17(21)4/h7-12,15,24H,13-14H2,1-6H3. The van der Waals surface area contributed by atoms with Crippen molar-refractivity contribution >= 4 is 27.3 Å². The first kappa shape index (κ1) is 22.2. The Morgan fingerprint density at radius 1 is 1.13 bits per heavy atom. The summed E-state index contributed by atoms with van der Waals surface area (Å²) in [6.45, 7) is 12.2. The van der Waals surface area contributed by atoms with E-state index in [2.05, 4.69) is 4.72 Å². The third-order valence-electron chi connectivity index (χ3n) is 5.10. The predicted molar refractivity (Wildman–Crippen MR) is 120 cm³/mol. The Bertz CT molecular complexity index is 1070. The quantitative estimate of drug-likeness (QED) is 0.757. The van der Waals surface area contributed by atoms with Gasteiger partial charge in [-0.15, -0.1) is 0 Å². The minimum Gasteiger partial charge on any atom is -0.490 e. The van der Waals surface area contributed by atoms with E-state index < -0.39 is 15.4 Å². The van der Waals surface area contributed by atoms with E-state index in [0.29, 0.717) is 29.2 Å². The molecular formula is C23H30N2O4S. The number of carbonyl (C=O) groups excluding carboxylic acids is 1. The fraction of sp³-hybridized carbons (Fsp3) is 0.435. The molecule has 0 aromatic heterocycles. The van der Waals surface area contributed by atoms with Crippen molar-refractivity contribution in [3.63, 3.8) is 0 Å². The molecule has 1 N–H and O–H groups in total. The van der Waals surface area contributed by atoms with Gasteiger partial charge in [-0.3, -0.25) is 9.52 Å². The van der Waals surface area contributed by atoms with Gasteiger partial charge in [0.15, 0.2) is 0 Å². The molecule has 0 unspecified atom stereocenters. The molecule has 3 rings (SSSR count). The summed E-state index contributed by atoms with van der Waals surface area (Å²) in [5.74, 6) is 0.778. The lowest BCUT2D eigenvalue weighted by Gasteiger charge is -2.29. The molecule has 162 valence electrons. The number of nitrogens with zero attached hydrogens (tertiary/aromatic N) is 1. The van der Waals surface area contributed by atoms with Crippen LogP contribution in [0.15, 0.2) is 41.3 Å². The number of rotatable bonds is 5. The predicted octanol–water partition coefficient (Wildman–Crippen LogP) is 4.51. The second-order valence-electron chi connectivity index (χ2n) is 9.04. The SMILES string of the molecule is Cc1ccc(C)c(S(=O)(=O)Nc2ccc3c(c2)N(CC(C)C)C(=O)C(C)(C)CO3)c1. The van der Waals surface area contributed by atoms with Crippen LogP contribution in [-0.4, -0.2) is 27.5 Å². The average Bonchev–Trinajstić information content (AvgIpc) is 2.73. The fourth-order valence-corrected chi connectivity index (χ4v) is 4.84. The first-order chi connectivity index (χ1) is 13.9. The van der Waals surface area contributed by atoms with E-state index in [1.54, 1.807) is 42.2 Å². The number of hydrogen-bond acceptors (Lipinski definition) is 4. The van der Waals surface area contributed by atoms with E-state index >= 15 is 0 Å². The number of amides is 1. The second kappa shape index (κ2) is 7.95. The van der Waals surface area contributed by atoms with E-state index in [1.807, 2.05) is 40.7 Å². The molecule has 6 nitrogen and oxygen atoms in total. The molecule has 1 aliphatic rings. The number of hydrogen-bond donors (Lipinski definition) is 1. The third-order valence-corrected chi connectivity index (χ3v) is 6.62. The largest absolute Gasteiger partial charge is 0.490 e. The summed E-state index contributed by atoms with van der Waals surface area (Å²) in [4.78, 5) is 15.1. The van der Waals surface area contributed by atoms with Gasteiger partial charge in [-0.1, -0.05) is 26.0 Å². The summed E-state index contributed by atoms with van der Waals surface area (Å²) in [6, 6.07) is 10.4. The highest BCUT2D eigenvalue weighted by Gasteiger charge is 2.38. The van der Waals surface area contributed by atoms with Crippen molar-refractivity contribution in [2.24, 2.45) is 11.3 Å². The zero-order chi connectivity index (χ0) is 22.3. The summed E-state index contributed by atoms with van der Waals surface area (Å²) in [5.41, 5.74) is 1.84. The van der Waals surface area contributed by atoms with Crippen LogP contribution in [0.4, 0.5) is 11.4 Å². The van der Waals surface area contributed by atoms with Gasteiger partial charge in [0.25, 0.3) is 10.0 Å². The normalized spacial score (nSPS) is 16.1. The molecule has 2 aromatic carbocycles. The number of nitrogens with one attached hydrogen (secondary N) is 1. The zero-order valence-corrected chi connectivity index (χ0v) is 19.3. The van der Waals surface area contributed by atoms with Gasteiger partial charge in [0.2, 0.25) is 5.91 Å². The Morgan fingerprint density at radius 2 is 1.83 bits per heavy atom. The van der Waals surface area contributed by atoms with Crippen LogP contribution in [0.1, 0.15) is 38.8 Å². The van der Waals surface area contributed by atoms with Crippen molar-refractivity contribution in [3.05, 3.63) is 47.5 Å². The lowest BCUT2D eigenvalue weighted by Crippen LogP contribution is -2.43. The Hall–Kier alpha value is -2.54. The molecule has 7 heteroatoms. The van der Waals surface area contributed by atoms with Crippen LogP contribution in [0, 0.1) is 25.2 Å². The molecular weight excluding hydrogens is 400 g/mol. The monoisotopic (exact) mass is 430 g/mol. The number of carbonyl (C=O) groups is 1. The number of fused-ring (bicyclic) bond motifs is 1. The van der Waals surface area contributed by atoms with Crippen LogP contribution in [0.25, 0.3) is 0 Å². The molecule has 0 aliphatic carbocycles. The molecule has 1 amide bonds. The Morgan fingerprint density at radius 3 is 2.50 bits per heavy atom. The van der Waals surface area contributed by atoms with Gasteiger partial charge in [0.05, 0.1) is 21.7 Å². The summed E-state index contributed by atoms with van der Waals surface area (Å²) < 4.78 is 34.6. The molecule has 0 radical (unpaired) electrons. The van der Waals surface area contributed by atoms with Crippen LogP contribution in [0.5, 0.6) is 5.75 Å². The van der Waals surface area contributed by atoms with Crippen LogP contribution in [0.3, 0.4) is 0 Å². The minimum atomic E-state index is -3.77. The molecule has 2 aromatic rings. The van der Waals surface area contributed by atoms with Crippen LogP contribution >= 0.6 is 0 Å². The lowest BCUT2D eigenvalue weighted by molar-refractivity contribution is -0.127. The zero-order valence-electron chi connectivity index (χ0n) is 18.4. The van der Waals surface area contributed by atoms with E-state index in [9.17, 15) is 13.2 Å². The van der Waals surface area contributed by atoms with Crippen molar-refractivity contribution in [1.29, 1.82) is 0 Å². The van der Waals surface area contributed by atoms with Gasteiger partial charge in [-0.05, 0) is 69.0 Å². The molecule has 30 heavy (non-hydrogen) atoms. The van der Waals surface area contributed by atoms with E-state index in [0.717, 1.165) is 5.56 Å². The van der Waals surface area contributed by atoms with E-state index in [-0.39, 0.29) is 23.3 Å². The van der Waals surface area contributed by atoms with Gasteiger partial charge in [-0.2, -0.15) is 0 Å². The van der Waals surface area contributed by atoms with Crippen molar-refractivity contribution in [1.82, 2.24) is 0 Å². The van der Waals surface area contributed by atoms with Crippen LogP contribution in [-0.2, 0) is 14.8 Å². The van der Waals surface area contributed by atoms with Gasteiger partial charge < -0.3 is 9.64 Å². The summed E-state index contributed by atoms with van der Waals surface area (Å²) in [6.07, 6.45) is 0. The molecule has 1 heterocycles. The Labute approximate surface area is 179 Å². The smallest absolute Gasteiger partial charge is 0.262 e. The summed E-state index contributed by atoms with van der Waals surface area (Å²) in [5, 5.41) is 0. The number of benzene rings is 2. The first-order valence-electron chi connectivity index (χ1n) is 10.1. The number of aryl methyl sites for hydroxylation is 2. The van der Waals surface area contributed by atoms with Gasteiger partial charge in [0, 0.05) is 6.54 Å². The first-order valence-corrected chi connectivity index (χ1v) is 11.6. The average molecular weight is 431 g/mol. The van der Waals surface area contributed by atoms with E-state index in [1.165, 1.54) is 0 Å².